The van der Waals surface area contributed by atoms with E-state index in [-0.39, 0.29) is 5.95 Å². The molecule has 3 aromatic rings. The lowest BCUT2D eigenvalue weighted by atomic mass is 9.89. The van der Waals surface area contributed by atoms with E-state index in [1.54, 1.807) is 17.3 Å². The average molecular weight is 472 g/mol. The molecule has 1 unspecified atom stereocenters. The zero-order chi connectivity index (χ0) is 23.0. The van der Waals surface area contributed by atoms with Crippen LogP contribution < -0.4 is 10.6 Å². The molecular weight excluding hydrogens is 446 g/mol. The van der Waals surface area contributed by atoms with Crippen molar-refractivity contribution < 1.29 is 19.7 Å². The summed E-state index contributed by atoms with van der Waals surface area (Å²) in [5, 5.41) is 21.2. The van der Waals surface area contributed by atoms with E-state index < -0.39 is 11.8 Å². The highest BCUT2D eigenvalue weighted by Crippen LogP contribution is 2.42. The number of morpholine rings is 1. The smallest absolute Gasteiger partial charge is 0.219 e. The van der Waals surface area contributed by atoms with E-state index in [1.807, 2.05) is 6.07 Å². The molecule has 2 saturated heterocycles. The van der Waals surface area contributed by atoms with E-state index in [0.717, 1.165) is 20.9 Å². The number of carbonyl (C=O) groups excluding carboxylic acids is 1. The highest BCUT2D eigenvalue weighted by molar-refractivity contribution is 7.19. The first-order valence-corrected chi connectivity index (χ1v) is 11.6. The number of nitrogen functional groups attached to an aromatic ring is 1. The summed E-state index contributed by atoms with van der Waals surface area (Å²) in [4.78, 5) is 33.2. The number of hydrogen-bond donors (Lipinski definition) is 3. The van der Waals surface area contributed by atoms with Crippen molar-refractivity contribution >= 4 is 39.6 Å². The highest BCUT2D eigenvalue weighted by atomic mass is 32.1. The number of aliphatic hydroxyl groups is 2. The standard InChI is InChI=1S/C21H25N7O4S/c22-20-23-10-13(11-24-20)18-25-14-9-15(21(31)1-3-27(4-2-21)16(30)12-29)33-17(14)19(26-18)28-5-7-32-8-6-28/h9-12,16,30-31H,1-8H2,(H2,22,23,24). The van der Waals surface area contributed by atoms with E-state index in [2.05, 4.69) is 14.9 Å². The van der Waals surface area contributed by atoms with Crippen molar-refractivity contribution in [2.75, 3.05) is 50.0 Å². The summed E-state index contributed by atoms with van der Waals surface area (Å²) in [7, 11) is 0. The Morgan fingerprint density at radius 3 is 2.52 bits per heavy atom. The molecule has 11 nitrogen and oxygen atoms in total. The van der Waals surface area contributed by atoms with Gasteiger partial charge in [0.2, 0.25) is 5.95 Å². The SMILES string of the molecule is Nc1ncc(-c2nc(N3CCOCC3)c3sc(C4(O)CCN(C(O)C=O)CC4)cc3n2)cn1. The van der Waals surface area contributed by atoms with Gasteiger partial charge in [-0.25, -0.2) is 19.9 Å². The number of rotatable bonds is 5. The maximum absolute atomic E-state index is 11.4. The monoisotopic (exact) mass is 471 g/mol. The van der Waals surface area contributed by atoms with Crippen LogP contribution >= 0.6 is 11.3 Å². The van der Waals surface area contributed by atoms with Crippen molar-refractivity contribution in [1.29, 1.82) is 0 Å². The molecule has 0 bridgehead atoms. The van der Waals surface area contributed by atoms with Gasteiger partial charge >= 0.3 is 0 Å². The number of likely N-dealkylation sites (tertiary alicyclic amines) is 1. The lowest BCUT2D eigenvalue weighted by Gasteiger charge is -2.38. The number of ether oxygens (including phenoxy) is 1. The minimum absolute atomic E-state index is 0.180. The van der Waals surface area contributed by atoms with E-state index in [9.17, 15) is 15.0 Å². The molecule has 3 aromatic heterocycles. The maximum Gasteiger partial charge on any atom is 0.219 e. The first-order valence-electron chi connectivity index (χ1n) is 10.8. The van der Waals surface area contributed by atoms with E-state index in [4.69, 9.17) is 20.4 Å². The van der Waals surface area contributed by atoms with Crippen LogP contribution in [0.4, 0.5) is 11.8 Å². The van der Waals surface area contributed by atoms with Crippen LogP contribution in [0.2, 0.25) is 0 Å². The van der Waals surface area contributed by atoms with Gasteiger partial charge < -0.3 is 25.6 Å². The van der Waals surface area contributed by atoms with Crippen LogP contribution in [0, 0.1) is 0 Å². The molecule has 0 aliphatic carbocycles. The van der Waals surface area contributed by atoms with Gasteiger partial charge in [0.05, 0.1) is 29.0 Å². The number of aromatic nitrogens is 4. The topological polar surface area (TPSA) is 151 Å². The van der Waals surface area contributed by atoms with Gasteiger partial charge in [0.15, 0.2) is 24.2 Å². The quantitative estimate of drug-likeness (QED) is 0.443. The third-order valence-electron chi connectivity index (χ3n) is 6.17. The van der Waals surface area contributed by atoms with Gasteiger partial charge in [0.1, 0.15) is 5.60 Å². The van der Waals surface area contributed by atoms with Crippen molar-refractivity contribution in [3.63, 3.8) is 0 Å². The number of hydrogen-bond acceptors (Lipinski definition) is 12. The largest absolute Gasteiger partial charge is 0.384 e. The molecule has 0 radical (unpaired) electrons. The summed E-state index contributed by atoms with van der Waals surface area (Å²) in [5.74, 6) is 1.47. The van der Waals surface area contributed by atoms with Crippen LogP contribution in [-0.2, 0) is 15.1 Å². The second-order valence-electron chi connectivity index (χ2n) is 8.24. The van der Waals surface area contributed by atoms with Gasteiger partial charge in [-0.2, -0.15) is 0 Å². The Morgan fingerprint density at radius 1 is 1.15 bits per heavy atom. The third kappa shape index (κ3) is 4.27. The van der Waals surface area contributed by atoms with Crippen LogP contribution in [0.1, 0.15) is 17.7 Å². The summed E-state index contributed by atoms with van der Waals surface area (Å²) in [5.41, 5.74) is 5.97. The number of fused-ring (bicyclic) bond motifs is 1. The molecule has 33 heavy (non-hydrogen) atoms. The number of carbonyl (C=O) groups is 1. The molecule has 12 heteroatoms. The number of anilines is 2. The van der Waals surface area contributed by atoms with Crippen molar-refractivity contribution in [3.05, 3.63) is 23.3 Å². The molecule has 0 amide bonds. The molecule has 174 valence electrons. The number of nitrogens with two attached hydrogens (primary N) is 1. The molecule has 0 saturated carbocycles. The summed E-state index contributed by atoms with van der Waals surface area (Å²) in [6, 6.07) is 1.92. The van der Waals surface area contributed by atoms with Crippen LogP contribution in [0.15, 0.2) is 18.5 Å². The molecule has 4 N–H and O–H groups in total. The van der Waals surface area contributed by atoms with Crippen LogP contribution in [0.25, 0.3) is 21.6 Å². The van der Waals surface area contributed by atoms with Crippen molar-refractivity contribution in [3.8, 4) is 11.4 Å². The lowest BCUT2D eigenvalue weighted by molar-refractivity contribution is -0.129. The van der Waals surface area contributed by atoms with Crippen molar-refractivity contribution in [2.45, 2.75) is 24.7 Å². The molecule has 0 spiro atoms. The average Bonchev–Trinajstić information content (AvgIpc) is 3.30. The summed E-state index contributed by atoms with van der Waals surface area (Å²) < 4.78 is 6.41. The molecule has 5 rings (SSSR count). The minimum atomic E-state index is -1.14. The zero-order valence-corrected chi connectivity index (χ0v) is 18.7. The minimum Gasteiger partial charge on any atom is -0.384 e. The molecule has 0 aromatic carbocycles. The number of thiophene rings is 1. The number of piperidine rings is 1. The van der Waals surface area contributed by atoms with Crippen LogP contribution in [0.3, 0.4) is 0 Å². The molecule has 5 heterocycles. The second-order valence-corrected chi connectivity index (χ2v) is 9.29. The van der Waals surface area contributed by atoms with Crippen molar-refractivity contribution in [2.24, 2.45) is 0 Å². The number of aliphatic hydroxyl groups excluding tert-OH is 1. The normalized spacial score (nSPS) is 20.1. The Morgan fingerprint density at radius 2 is 1.85 bits per heavy atom. The van der Waals surface area contributed by atoms with Gasteiger partial charge in [-0.1, -0.05) is 0 Å². The maximum atomic E-state index is 11.4. The van der Waals surface area contributed by atoms with E-state index >= 15 is 0 Å². The van der Waals surface area contributed by atoms with Gasteiger partial charge in [-0.15, -0.1) is 11.3 Å². The predicted molar refractivity (Wildman–Crippen MR) is 123 cm³/mol. The predicted octanol–water partition coefficient (Wildman–Crippen LogP) is 0.368. The Balaban J connectivity index is 1.54. The van der Waals surface area contributed by atoms with Gasteiger partial charge in [0, 0.05) is 43.4 Å². The Kier molecular flexibility index (Phi) is 5.93. The van der Waals surface area contributed by atoms with Gasteiger partial charge in [0.25, 0.3) is 0 Å². The van der Waals surface area contributed by atoms with Gasteiger partial charge in [-0.05, 0) is 18.9 Å². The molecule has 2 aliphatic heterocycles. The molecule has 2 fully saturated rings. The van der Waals surface area contributed by atoms with Crippen LogP contribution in [-0.4, -0.2) is 87.0 Å². The fourth-order valence-electron chi connectivity index (χ4n) is 4.21. The lowest BCUT2D eigenvalue weighted by Crippen LogP contribution is -2.47. The third-order valence-corrected chi connectivity index (χ3v) is 7.49. The second kappa shape index (κ2) is 8.88. The van der Waals surface area contributed by atoms with Crippen molar-refractivity contribution in [1.82, 2.24) is 24.8 Å². The summed E-state index contributed by atoms with van der Waals surface area (Å²) >= 11 is 1.49. The highest BCUT2D eigenvalue weighted by Gasteiger charge is 2.37. The number of nitrogens with zero attached hydrogens (tertiary/aromatic N) is 6. The van der Waals surface area contributed by atoms with E-state index in [0.29, 0.717) is 69.9 Å². The Bertz CT molecular complexity index is 1140. The van der Waals surface area contributed by atoms with E-state index in [1.165, 1.54) is 11.3 Å². The number of aldehydes is 1. The first kappa shape index (κ1) is 22.0. The van der Waals surface area contributed by atoms with Crippen LogP contribution in [0.5, 0.6) is 0 Å². The summed E-state index contributed by atoms with van der Waals surface area (Å²) in [6.45, 7) is 3.48. The summed E-state index contributed by atoms with van der Waals surface area (Å²) in [6.07, 6.45) is 3.38. The fourth-order valence-corrected chi connectivity index (χ4v) is 5.47. The molecule has 1 atom stereocenters. The zero-order valence-electron chi connectivity index (χ0n) is 17.9. The Hall–Kier alpha value is -2.77. The fraction of sp³-hybridized carbons (Fsp3) is 0.476. The van der Waals surface area contributed by atoms with Gasteiger partial charge in [-0.3, -0.25) is 9.69 Å². The first-order chi connectivity index (χ1) is 16.0. The molecular formula is C21H25N7O4S. The Labute approximate surface area is 193 Å². The molecule has 2 aliphatic rings.